The van der Waals surface area contributed by atoms with Crippen LogP contribution in [0.5, 0.6) is 0 Å². The van der Waals surface area contributed by atoms with Crippen LogP contribution in [0.25, 0.3) is 0 Å². The SMILES string of the molecule is Cc1ccc(C)c(NC(=O)COC(=O)c2cc[n+]([O-])cc2)c1. The Morgan fingerprint density at radius 1 is 1.18 bits per heavy atom. The predicted molar refractivity (Wildman–Crippen MR) is 80.2 cm³/mol. The molecule has 0 spiro atoms. The van der Waals surface area contributed by atoms with Crippen molar-refractivity contribution in [2.24, 2.45) is 0 Å². The summed E-state index contributed by atoms with van der Waals surface area (Å²) in [5, 5.41) is 13.6. The van der Waals surface area contributed by atoms with Crippen molar-refractivity contribution >= 4 is 17.6 Å². The van der Waals surface area contributed by atoms with Gasteiger partial charge in [0, 0.05) is 17.8 Å². The molecule has 0 saturated heterocycles. The number of nitrogens with zero attached hydrogens (tertiary/aromatic N) is 1. The monoisotopic (exact) mass is 300 g/mol. The summed E-state index contributed by atoms with van der Waals surface area (Å²) in [6.07, 6.45) is 2.37. The Labute approximate surface area is 127 Å². The van der Waals surface area contributed by atoms with Crippen LogP contribution < -0.4 is 10.0 Å². The van der Waals surface area contributed by atoms with Crippen LogP contribution in [0.3, 0.4) is 0 Å². The van der Waals surface area contributed by atoms with Crippen LogP contribution in [0.1, 0.15) is 21.5 Å². The van der Waals surface area contributed by atoms with Crippen molar-refractivity contribution in [3.63, 3.8) is 0 Å². The molecule has 1 aromatic heterocycles. The Hall–Kier alpha value is -2.89. The van der Waals surface area contributed by atoms with E-state index in [-0.39, 0.29) is 5.56 Å². The van der Waals surface area contributed by atoms with Crippen LogP contribution >= 0.6 is 0 Å². The van der Waals surface area contributed by atoms with Gasteiger partial charge in [-0.25, -0.2) is 4.79 Å². The average molecular weight is 300 g/mol. The maximum Gasteiger partial charge on any atom is 0.339 e. The third kappa shape index (κ3) is 4.05. The van der Waals surface area contributed by atoms with Gasteiger partial charge in [0.1, 0.15) is 0 Å². The number of pyridine rings is 1. The number of nitrogens with one attached hydrogen (secondary N) is 1. The molecule has 2 rings (SSSR count). The number of hydrogen-bond acceptors (Lipinski definition) is 4. The van der Waals surface area contributed by atoms with Crippen LogP contribution in [-0.2, 0) is 9.53 Å². The number of benzene rings is 1. The summed E-state index contributed by atoms with van der Waals surface area (Å²) < 4.78 is 5.47. The summed E-state index contributed by atoms with van der Waals surface area (Å²) in [6.45, 7) is 3.41. The highest BCUT2D eigenvalue weighted by Gasteiger charge is 2.12. The summed E-state index contributed by atoms with van der Waals surface area (Å²) >= 11 is 0. The van der Waals surface area contributed by atoms with E-state index in [1.165, 1.54) is 24.5 Å². The van der Waals surface area contributed by atoms with E-state index in [1.54, 1.807) is 0 Å². The molecule has 0 aliphatic rings. The van der Waals surface area contributed by atoms with E-state index < -0.39 is 18.5 Å². The minimum atomic E-state index is -0.656. The topological polar surface area (TPSA) is 82.3 Å². The molecule has 2 aromatic rings. The van der Waals surface area contributed by atoms with Crippen molar-refractivity contribution in [2.45, 2.75) is 13.8 Å². The molecule has 0 aliphatic carbocycles. The zero-order valence-electron chi connectivity index (χ0n) is 12.3. The molecular formula is C16H16N2O4. The fourth-order valence-electron chi connectivity index (χ4n) is 1.82. The molecule has 0 aliphatic heterocycles. The smallest absolute Gasteiger partial charge is 0.339 e. The minimum Gasteiger partial charge on any atom is -0.619 e. The summed E-state index contributed by atoms with van der Waals surface area (Å²) in [7, 11) is 0. The van der Waals surface area contributed by atoms with Crippen LogP contribution in [0.2, 0.25) is 0 Å². The van der Waals surface area contributed by atoms with Gasteiger partial charge >= 0.3 is 5.97 Å². The van der Waals surface area contributed by atoms with Crippen LogP contribution in [0.15, 0.2) is 42.7 Å². The van der Waals surface area contributed by atoms with Crippen molar-refractivity contribution in [2.75, 3.05) is 11.9 Å². The molecule has 1 N–H and O–H groups in total. The fraction of sp³-hybridized carbons (Fsp3) is 0.188. The lowest BCUT2D eigenvalue weighted by atomic mass is 10.1. The molecular weight excluding hydrogens is 284 g/mol. The van der Waals surface area contributed by atoms with Gasteiger partial charge in [-0.3, -0.25) is 4.79 Å². The quantitative estimate of drug-likeness (QED) is 0.529. The van der Waals surface area contributed by atoms with Gasteiger partial charge in [-0.15, -0.1) is 0 Å². The zero-order chi connectivity index (χ0) is 16.1. The lowest BCUT2D eigenvalue weighted by Crippen LogP contribution is -2.25. The molecule has 0 saturated carbocycles. The summed E-state index contributed by atoms with van der Waals surface area (Å²) in [6, 6.07) is 8.36. The first-order valence-corrected chi connectivity index (χ1v) is 6.69. The van der Waals surface area contributed by atoms with Crippen molar-refractivity contribution in [1.29, 1.82) is 0 Å². The highest BCUT2D eigenvalue weighted by molar-refractivity contribution is 5.95. The molecule has 114 valence electrons. The molecule has 0 bridgehead atoms. The van der Waals surface area contributed by atoms with E-state index in [2.05, 4.69) is 5.32 Å². The maximum absolute atomic E-state index is 11.8. The zero-order valence-corrected chi connectivity index (χ0v) is 12.3. The minimum absolute atomic E-state index is 0.214. The normalized spacial score (nSPS) is 10.1. The first-order chi connectivity index (χ1) is 10.5. The Kier molecular flexibility index (Phi) is 4.73. The third-order valence-electron chi connectivity index (χ3n) is 3.04. The number of hydrogen-bond donors (Lipinski definition) is 1. The number of carbonyl (C=O) groups is 2. The van der Waals surface area contributed by atoms with Gasteiger partial charge in [0.15, 0.2) is 19.0 Å². The number of rotatable bonds is 4. The fourth-order valence-corrected chi connectivity index (χ4v) is 1.82. The number of esters is 1. The highest BCUT2D eigenvalue weighted by Crippen LogP contribution is 2.16. The summed E-state index contributed by atoms with van der Waals surface area (Å²) in [5.74, 6) is -1.08. The van der Waals surface area contributed by atoms with E-state index in [1.807, 2.05) is 32.0 Å². The molecule has 1 aromatic carbocycles. The molecule has 6 nitrogen and oxygen atoms in total. The van der Waals surface area contributed by atoms with Crippen molar-refractivity contribution in [3.05, 3.63) is 64.6 Å². The second-order valence-electron chi connectivity index (χ2n) is 4.89. The van der Waals surface area contributed by atoms with Crippen molar-refractivity contribution < 1.29 is 19.1 Å². The molecule has 1 heterocycles. The predicted octanol–water partition coefficient (Wildman–Crippen LogP) is 1.73. The highest BCUT2D eigenvalue weighted by atomic mass is 16.5. The first-order valence-electron chi connectivity index (χ1n) is 6.69. The summed E-state index contributed by atoms with van der Waals surface area (Å²) in [4.78, 5) is 23.5. The van der Waals surface area contributed by atoms with Gasteiger partial charge < -0.3 is 15.3 Å². The third-order valence-corrected chi connectivity index (χ3v) is 3.04. The van der Waals surface area contributed by atoms with E-state index >= 15 is 0 Å². The first kappa shape index (κ1) is 15.5. The van der Waals surface area contributed by atoms with Gasteiger partial charge in [0.25, 0.3) is 5.91 Å². The van der Waals surface area contributed by atoms with Crippen LogP contribution in [-0.4, -0.2) is 18.5 Å². The second kappa shape index (κ2) is 6.71. The van der Waals surface area contributed by atoms with Gasteiger partial charge in [0.05, 0.1) is 5.56 Å². The summed E-state index contributed by atoms with van der Waals surface area (Å²) in [5.41, 5.74) is 2.85. The molecule has 0 unspecified atom stereocenters. The molecule has 6 heteroatoms. The van der Waals surface area contributed by atoms with Gasteiger partial charge in [0.2, 0.25) is 0 Å². The van der Waals surface area contributed by atoms with Gasteiger partial charge in [-0.05, 0) is 31.0 Å². The molecule has 0 radical (unpaired) electrons. The van der Waals surface area contributed by atoms with Crippen molar-refractivity contribution in [3.8, 4) is 0 Å². The molecule has 22 heavy (non-hydrogen) atoms. The Bertz CT molecular complexity index is 696. The average Bonchev–Trinajstić information content (AvgIpc) is 2.49. The van der Waals surface area contributed by atoms with Crippen molar-refractivity contribution in [1.82, 2.24) is 0 Å². The molecule has 0 atom stereocenters. The number of ether oxygens (including phenoxy) is 1. The van der Waals surface area contributed by atoms with E-state index in [9.17, 15) is 14.8 Å². The lowest BCUT2D eigenvalue weighted by molar-refractivity contribution is -0.605. The number of anilines is 1. The Morgan fingerprint density at radius 2 is 1.86 bits per heavy atom. The second-order valence-corrected chi connectivity index (χ2v) is 4.89. The molecule has 0 fully saturated rings. The maximum atomic E-state index is 11.8. The lowest BCUT2D eigenvalue weighted by Gasteiger charge is -2.09. The van der Waals surface area contributed by atoms with Gasteiger partial charge in [-0.1, -0.05) is 12.1 Å². The number of amides is 1. The standard InChI is InChI=1S/C16H16N2O4/c1-11-3-4-12(2)14(9-11)17-15(19)10-22-16(20)13-5-7-18(21)8-6-13/h3-9H,10H2,1-2H3,(H,17,19). The largest absolute Gasteiger partial charge is 0.619 e. The van der Waals surface area contributed by atoms with Gasteiger partial charge in [-0.2, -0.15) is 4.73 Å². The number of aryl methyl sites for hydroxylation is 2. The van der Waals surface area contributed by atoms with Crippen LogP contribution in [0, 0.1) is 19.1 Å². The van der Waals surface area contributed by atoms with E-state index in [4.69, 9.17) is 4.74 Å². The van der Waals surface area contributed by atoms with E-state index in [0.717, 1.165) is 11.1 Å². The number of aromatic nitrogens is 1. The Balaban J connectivity index is 1.91. The number of carbonyl (C=O) groups excluding carboxylic acids is 2. The molecule has 1 amide bonds. The van der Waals surface area contributed by atoms with Crippen LogP contribution in [0.4, 0.5) is 5.69 Å². The van der Waals surface area contributed by atoms with E-state index in [0.29, 0.717) is 10.4 Å². The Morgan fingerprint density at radius 3 is 2.55 bits per heavy atom.